The minimum Gasteiger partial charge on any atom is -0.396 e. The van der Waals surface area contributed by atoms with E-state index < -0.39 is 0 Å². The average molecular weight is 227 g/mol. The lowest BCUT2D eigenvalue weighted by Crippen LogP contribution is -2.08. The first-order chi connectivity index (χ1) is 8.25. The highest BCUT2D eigenvalue weighted by Crippen LogP contribution is 2.15. The Bertz CT molecular complexity index is 480. The molecule has 0 amide bonds. The quantitative estimate of drug-likeness (QED) is 0.844. The average Bonchev–Trinajstić information content (AvgIpc) is 2.35. The predicted molar refractivity (Wildman–Crippen MR) is 72.0 cm³/mol. The number of rotatable bonds is 4. The van der Waals surface area contributed by atoms with Crippen LogP contribution in [0.2, 0.25) is 0 Å². The van der Waals surface area contributed by atoms with Gasteiger partial charge in [-0.15, -0.1) is 0 Å². The third-order valence-corrected chi connectivity index (χ3v) is 2.61. The fraction of sp³-hybridized carbons (Fsp3) is 0.214. The van der Waals surface area contributed by atoms with Crippen LogP contribution in [0.15, 0.2) is 42.5 Å². The van der Waals surface area contributed by atoms with Gasteiger partial charge in [-0.25, -0.2) is 4.98 Å². The van der Waals surface area contributed by atoms with Crippen LogP contribution in [0.4, 0.5) is 11.5 Å². The normalized spacial score (nSPS) is 10.2. The second-order valence-electron chi connectivity index (χ2n) is 4.05. The molecule has 0 aliphatic rings. The molecule has 0 unspecified atom stereocenters. The van der Waals surface area contributed by atoms with Gasteiger partial charge in [0.1, 0.15) is 5.82 Å². The Kier molecular flexibility index (Phi) is 3.60. The maximum Gasteiger partial charge on any atom is 0.149 e. The molecule has 0 saturated carbocycles. The fourth-order valence-corrected chi connectivity index (χ4v) is 1.68. The third kappa shape index (κ3) is 3.21. The molecule has 17 heavy (non-hydrogen) atoms. The molecule has 3 heteroatoms. The molecule has 0 spiro atoms. The molecule has 3 nitrogen and oxygen atoms in total. The van der Waals surface area contributed by atoms with Gasteiger partial charge in [-0.05, 0) is 31.0 Å². The monoisotopic (exact) mass is 227 g/mol. The standard InChI is InChI=1S/C14H17N3/c1-11-7-8-13(15)14(17-11)16-10-9-12-5-3-2-4-6-12/h2-8H,9-10,15H2,1H3,(H,16,17). The SMILES string of the molecule is Cc1ccc(N)c(NCCc2ccccc2)n1. The summed E-state index contributed by atoms with van der Waals surface area (Å²) in [6.07, 6.45) is 0.968. The topological polar surface area (TPSA) is 50.9 Å². The lowest BCUT2D eigenvalue weighted by Gasteiger charge is -2.08. The van der Waals surface area contributed by atoms with Gasteiger partial charge < -0.3 is 11.1 Å². The van der Waals surface area contributed by atoms with Crippen molar-refractivity contribution in [2.45, 2.75) is 13.3 Å². The van der Waals surface area contributed by atoms with Gasteiger partial charge in [0.15, 0.2) is 0 Å². The van der Waals surface area contributed by atoms with Gasteiger partial charge in [-0.3, -0.25) is 0 Å². The Balaban J connectivity index is 1.92. The minimum absolute atomic E-state index is 0.698. The lowest BCUT2D eigenvalue weighted by atomic mass is 10.1. The molecule has 0 radical (unpaired) electrons. The van der Waals surface area contributed by atoms with Crippen molar-refractivity contribution in [3.63, 3.8) is 0 Å². The van der Waals surface area contributed by atoms with E-state index in [0.29, 0.717) is 5.69 Å². The number of benzene rings is 1. The van der Waals surface area contributed by atoms with Crippen LogP contribution < -0.4 is 11.1 Å². The summed E-state index contributed by atoms with van der Waals surface area (Å²) < 4.78 is 0. The summed E-state index contributed by atoms with van der Waals surface area (Å²) in [6.45, 7) is 2.80. The van der Waals surface area contributed by atoms with Crippen molar-refractivity contribution < 1.29 is 0 Å². The van der Waals surface area contributed by atoms with E-state index in [1.165, 1.54) is 5.56 Å². The summed E-state index contributed by atoms with van der Waals surface area (Å²) in [5.41, 5.74) is 8.83. The molecule has 3 N–H and O–H groups in total. The molecule has 0 aliphatic heterocycles. The van der Waals surface area contributed by atoms with Gasteiger partial charge in [0.05, 0.1) is 5.69 Å². The van der Waals surface area contributed by atoms with Crippen LogP contribution >= 0.6 is 0 Å². The van der Waals surface area contributed by atoms with Gasteiger partial charge >= 0.3 is 0 Å². The number of anilines is 2. The Morgan fingerprint density at radius 3 is 2.65 bits per heavy atom. The summed E-state index contributed by atoms with van der Waals surface area (Å²) >= 11 is 0. The summed E-state index contributed by atoms with van der Waals surface area (Å²) in [5, 5.41) is 3.27. The zero-order valence-electron chi connectivity index (χ0n) is 9.98. The van der Waals surface area contributed by atoms with E-state index in [2.05, 4.69) is 34.6 Å². The van der Waals surface area contributed by atoms with E-state index in [1.807, 2.05) is 25.1 Å². The molecular weight excluding hydrogens is 210 g/mol. The molecule has 1 aromatic carbocycles. The summed E-state index contributed by atoms with van der Waals surface area (Å²) in [6, 6.07) is 14.2. The van der Waals surface area contributed by atoms with Crippen LogP contribution in [0, 0.1) is 6.92 Å². The second kappa shape index (κ2) is 5.34. The molecule has 0 aliphatic carbocycles. The number of nitrogens with one attached hydrogen (secondary N) is 1. The number of nitrogen functional groups attached to an aromatic ring is 1. The predicted octanol–water partition coefficient (Wildman–Crippen LogP) is 2.63. The van der Waals surface area contributed by atoms with E-state index in [-0.39, 0.29) is 0 Å². The van der Waals surface area contributed by atoms with Crippen LogP contribution in [0.1, 0.15) is 11.3 Å². The van der Waals surface area contributed by atoms with Crippen molar-refractivity contribution in [2.75, 3.05) is 17.6 Å². The molecule has 88 valence electrons. The first-order valence-corrected chi connectivity index (χ1v) is 5.76. The number of hydrogen-bond acceptors (Lipinski definition) is 3. The zero-order chi connectivity index (χ0) is 12.1. The first-order valence-electron chi connectivity index (χ1n) is 5.76. The highest BCUT2D eigenvalue weighted by atomic mass is 15.0. The third-order valence-electron chi connectivity index (χ3n) is 2.61. The first kappa shape index (κ1) is 11.5. The molecule has 0 atom stereocenters. The molecule has 2 aromatic rings. The Morgan fingerprint density at radius 2 is 1.88 bits per heavy atom. The zero-order valence-corrected chi connectivity index (χ0v) is 9.98. The van der Waals surface area contributed by atoms with E-state index in [0.717, 1.165) is 24.5 Å². The maximum atomic E-state index is 5.84. The summed E-state index contributed by atoms with van der Waals surface area (Å²) in [4.78, 5) is 4.37. The number of aryl methyl sites for hydroxylation is 1. The van der Waals surface area contributed by atoms with Crippen molar-refractivity contribution in [3.8, 4) is 0 Å². The largest absolute Gasteiger partial charge is 0.396 e. The van der Waals surface area contributed by atoms with Crippen LogP contribution in [0.3, 0.4) is 0 Å². The number of hydrogen-bond donors (Lipinski definition) is 2. The van der Waals surface area contributed by atoms with Gasteiger partial charge in [-0.2, -0.15) is 0 Å². The van der Waals surface area contributed by atoms with E-state index in [1.54, 1.807) is 0 Å². The summed E-state index contributed by atoms with van der Waals surface area (Å²) in [7, 11) is 0. The maximum absolute atomic E-state index is 5.84. The summed E-state index contributed by atoms with van der Waals surface area (Å²) in [5.74, 6) is 0.779. The van der Waals surface area contributed by atoms with Crippen LogP contribution in [0.25, 0.3) is 0 Å². The molecule has 1 heterocycles. The molecule has 0 bridgehead atoms. The smallest absolute Gasteiger partial charge is 0.149 e. The molecular formula is C14H17N3. The fourth-order valence-electron chi connectivity index (χ4n) is 1.68. The number of pyridine rings is 1. The van der Waals surface area contributed by atoms with Crippen molar-refractivity contribution in [1.29, 1.82) is 0 Å². The highest BCUT2D eigenvalue weighted by Gasteiger charge is 2.00. The van der Waals surface area contributed by atoms with E-state index >= 15 is 0 Å². The lowest BCUT2D eigenvalue weighted by molar-refractivity contribution is 1.00. The number of aromatic nitrogens is 1. The van der Waals surface area contributed by atoms with Crippen molar-refractivity contribution in [3.05, 3.63) is 53.7 Å². The second-order valence-corrected chi connectivity index (χ2v) is 4.05. The van der Waals surface area contributed by atoms with Gasteiger partial charge in [0, 0.05) is 12.2 Å². The Hall–Kier alpha value is -2.03. The van der Waals surface area contributed by atoms with E-state index in [4.69, 9.17) is 5.73 Å². The van der Waals surface area contributed by atoms with Gasteiger partial charge in [0.25, 0.3) is 0 Å². The van der Waals surface area contributed by atoms with Crippen molar-refractivity contribution in [1.82, 2.24) is 4.98 Å². The molecule has 0 fully saturated rings. The number of nitrogens with two attached hydrogens (primary N) is 1. The Labute approximate surface area is 102 Å². The number of nitrogens with zero attached hydrogens (tertiary/aromatic N) is 1. The van der Waals surface area contributed by atoms with Crippen LogP contribution in [0.5, 0.6) is 0 Å². The van der Waals surface area contributed by atoms with Crippen LogP contribution in [-0.2, 0) is 6.42 Å². The highest BCUT2D eigenvalue weighted by molar-refractivity contribution is 5.61. The van der Waals surface area contributed by atoms with Crippen molar-refractivity contribution >= 4 is 11.5 Å². The van der Waals surface area contributed by atoms with Crippen LogP contribution in [-0.4, -0.2) is 11.5 Å². The Morgan fingerprint density at radius 1 is 1.12 bits per heavy atom. The van der Waals surface area contributed by atoms with Crippen molar-refractivity contribution in [2.24, 2.45) is 0 Å². The minimum atomic E-state index is 0.698. The van der Waals surface area contributed by atoms with Gasteiger partial charge in [0.2, 0.25) is 0 Å². The van der Waals surface area contributed by atoms with Gasteiger partial charge in [-0.1, -0.05) is 30.3 Å². The molecule has 1 aromatic heterocycles. The van der Waals surface area contributed by atoms with E-state index in [9.17, 15) is 0 Å². The molecule has 2 rings (SSSR count). The molecule has 0 saturated heterocycles.